The third kappa shape index (κ3) is 4.44. The fourth-order valence-electron chi connectivity index (χ4n) is 3.94. The van der Waals surface area contributed by atoms with E-state index in [0.717, 1.165) is 18.4 Å². The second kappa shape index (κ2) is 9.05. The third-order valence-electron chi connectivity index (χ3n) is 5.72. The Bertz CT molecular complexity index is 1330. The van der Waals surface area contributed by atoms with Crippen molar-refractivity contribution >= 4 is 38.4 Å². The molecule has 3 aromatic rings. The van der Waals surface area contributed by atoms with Crippen LogP contribution in [0.25, 0.3) is 10.9 Å². The van der Waals surface area contributed by atoms with Crippen LogP contribution in [-0.2, 0) is 23.5 Å². The summed E-state index contributed by atoms with van der Waals surface area (Å²) in [5.41, 5.74) is 1.07. The van der Waals surface area contributed by atoms with Crippen molar-refractivity contribution in [2.75, 3.05) is 19.6 Å². The molecular formula is C23H24ClN3O4S. The predicted octanol–water partition coefficient (Wildman–Crippen LogP) is 2.95. The molecule has 1 amide bonds. The standard InChI is InChI=1S/C23H24ClN3O4S/c1-26-15-20(23(29)25-11-10-16-4-6-17(24)7-5-16)22(28)19-14-18(8-9-21(19)26)32(30,31)27-12-2-3-13-27/h4-9,14-15H,2-3,10-13H2,1H3,(H,25,29). The minimum absolute atomic E-state index is 0.0215. The van der Waals surface area contributed by atoms with E-state index in [1.807, 2.05) is 12.1 Å². The zero-order valence-electron chi connectivity index (χ0n) is 17.7. The number of nitrogens with zero attached hydrogens (tertiary/aromatic N) is 2. The molecule has 0 spiro atoms. The van der Waals surface area contributed by atoms with Crippen molar-refractivity contribution in [1.29, 1.82) is 0 Å². The molecule has 0 radical (unpaired) electrons. The number of nitrogens with one attached hydrogen (secondary N) is 1. The summed E-state index contributed by atoms with van der Waals surface area (Å²) in [5.74, 6) is -0.491. The molecule has 9 heteroatoms. The maximum Gasteiger partial charge on any atom is 0.256 e. The molecule has 2 aromatic carbocycles. The van der Waals surface area contributed by atoms with E-state index in [4.69, 9.17) is 11.6 Å². The maximum atomic E-state index is 13.1. The van der Waals surface area contributed by atoms with Gasteiger partial charge in [0.2, 0.25) is 15.5 Å². The summed E-state index contributed by atoms with van der Waals surface area (Å²) in [6.07, 6.45) is 3.73. The van der Waals surface area contributed by atoms with Crippen molar-refractivity contribution < 1.29 is 13.2 Å². The highest BCUT2D eigenvalue weighted by Crippen LogP contribution is 2.23. The number of halogens is 1. The number of rotatable bonds is 6. The van der Waals surface area contributed by atoms with Crippen LogP contribution in [0.5, 0.6) is 0 Å². The number of carbonyl (C=O) groups is 1. The summed E-state index contributed by atoms with van der Waals surface area (Å²) < 4.78 is 28.9. The molecular weight excluding hydrogens is 450 g/mol. The Kier molecular flexibility index (Phi) is 6.37. The SMILES string of the molecule is Cn1cc(C(=O)NCCc2ccc(Cl)cc2)c(=O)c2cc(S(=O)(=O)N3CCCC3)ccc21. The Labute approximate surface area is 191 Å². The molecule has 1 aliphatic heterocycles. The number of hydrogen-bond acceptors (Lipinski definition) is 4. The van der Waals surface area contributed by atoms with E-state index in [0.29, 0.717) is 36.6 Å². The van der Waals surface area contributed by atoms with E-state index < -0.39 is 21.4 Å². The van der Waals surface area contributed by atoms with Crippen molar-refractivity contribution in [1.82, 2.24) is 14.2 Å². The number of aryl methyl sites for hydroxylation is 1. The van der Waals surface area contributed by atoms with Gasteiger partial charge in [0.15, 0.2) is 0 Å². The first-order valence-electron chi connectivity index (χ1n) is 10.4. The van der Waals surface area contributed by atoms with Gasteiger partial charge in [0, 0.05) is 43.3 Å². The molecule has 0 bridgehead atoms. The molecule has 0 aliphatic carbocycles. The lowest BCUT2D eigenvalue weighted by atomic mass is 10.1. The fraction of sp³-hybridized carbons (Fsp3) is 0.304. The molecule has 1 aromatic heterocycles. The average molecular weight is 474 g/mol. The number of pyridine rings is 1. The van der Waals surface area contributed by atoms with Gasteiger partial charge >= 0.3 is 0 Å². The smallest absolute Gasteiger partial charge is 0.256 e. The molecule has 7 nitrogen and oxygen atoms in total. The van der Waals surface area contributed by atoms with Crippen LogP contribution in [0.1, 0.15) is 28.8 Å². The Balaban J connectivity index is 1.60. The number of sulfonamides is 1. The van der Waals surface area contributed by atoms with Gasteiger partial charge in [-0.2, -0.15) is 4.31 Å². The van der Waals surface area contributed by atoms with Crippen molar-refractivity contribution in [3.8, 4) is 0 Å². The van der Waals surface area contributed by atoms with E-state index in [2.05, 4.69) is 5.32 Å². The molecule has 0 atom stereocenters. The van der Waals surface area contributed by atoms with Crippen LogP contribution in [0.2, 0.25) is 5.02 Å². The van der Waals surface area contributed by atoms with Crippen LogP contribution in [-0.4, -0.2) is 42.8 Å². The molecule has 1 saturated heterocycles. The van der Waals surface area contributed by atoms with E-state index in [1.165, 1.54) is 22.6 Å². The summed E-state index contributed by atoms with van der Waals surface area (Å²) in [6, 6.07) is 11.8. The molecule has 32 heavy (non-hydrogen) atoms. The number of fused-ring (bicyclic) bond motifs is 1. The van der Waals surface area contributed by atoms with E-state index in [9.17, 15) is 18.0 Å². The lowest BCUT2D eigenvalue weighted by molar-refractivity contribution is 0.0952. The van der Waals surface area contributed by atoms with Gasteiger partial charge in [0.25, 0.3) is 5.91 Å². The fourth-order valence-corrected chi connectivity index (χ4v) is 5.61. The topological polar surface area (TPSA) is 88.5 Å². The highest BCUT2D eigenvalue weighted by molar-refractivity contribution is 7.89. The number of amides is 1. The monoisotopic (exact) mass is 473 g/mol. The van der Waals surface area contributed by atoms with Gasteiger partial charge in [-0.25, -0.2) is 8.42 Å². The third-order valence-corrected chi connectivity index (χ3v) is 7.87. The molecule has 0 unspecified atom stereocenters. The summed E-state index contributed by atoms with van der Waals surface area (Å²) >= 11 is 5.89. The van der Waals surface area contributed by atoms with Gasteiger partial charge in [-0.05, 0) is 55.2 Å². The molecule has 1 N–H and O–H groups in total. The van der Waals surface area contributed by atoms with Crippen molar-refractivity contribution in [2.24, 2.45) is 7.05 Å². The summed E-state index contributed by atoms with van der Waals surface area (Å²) in [5, 5.41) is 3.62. The Morgan fingerprint density at radius 1 is 1.09 bits per heavy atom. The van der Waals surface area contributed by atoms with Gasteiger partial charge in [0.05, 0.1) is 10.4 Å². The normalized spacial score (nSPS) is 14.7. The first-order valence-corrected chi connectivity index (χ1v) is 12.3. The van der Waals surface area contributed by atoms with Gasteiger partial charge < -0.3 is 9.88 Å². The first-order chi connectivity index (χ1) is 15.3. The van der Waals surface area contributed by atoms with Crippen molar-refractivity contribution in [3.63, 3.8) is 0 Å². The Morgan fingerprint density at radius 2 is 1.78 bits per heavy atom. The van der Waals surface area contributed by atoms with Gasteiger partial charge in [0.1, 0.15) is 5.56 Å². The molecule has 1 aliphatic rings. The zero-order valence-corrected chi connectivity index (χ0v) is 19.2. The van der Waals surface area contributed by atoms with Gasteiger partial charge in [-0.1, -0.05) is 23.7 Å². The van der Waals surface area contributed by atoms with Crippen molar-refractivity contribution in [2.45, 2.75) is 24.2 Å². The second-order valence-corrected chi connectivity index (χ2v) is 10.3. The number of hydrogen-bond donors (Lipinski definition) is 1. The summed E-state index contributed by atoms with van der Waals surface area (Å²) in [7, 11) is -1.94. The summed E-state index contributed by atoms with van der Waals surface area (Å²) in [4.78, 5) is 25.9. The number of carbonyl (C=O) groups excluding carboxylic acids is 1. The van der Waals surface area contributed by atoms with Gasteiger partial charge in [-0.3, -0.25) is 9.59 Å². The lowest BCUT2D eigenvalue weighted by Gasteiger charge is -2.16. The average Bonchev–Trinajstić information content (AvgIpc) is 3.33. The number of benzene rings is 2. The van der Waals surface area contributed by atoms with Crippen LogP contribution in [0.4, 0.5) is 0 Å². The lowest BCUT2D eigenvalue weighted by Crippen LogP contribution is -2.31. The van der Waals surface area contributed by atoms with Gasteiger partial charge in [-0.15, -0.1) is 0 Å². The van der Waals surface area contributed by atoms with Crippen molar-refractivity contribution in [3.05, 3.63) is 75.0 Å². The molecule has 168 valence electrons. The Morgan fingerprint density at radius 3 is 2.47 bits per heavy atom. The minimum atomic E-state index is -3.67. The highest BCUT2D eigenvalue weighted by Gasteiger charge is 2.28. The van der Waals surface area contributed by atoms with Crippen LogP contribution in [0, 0.1) is 0 Å². The highest BCUT2D eigenvalue weighted by atomic mass is 35.5. The second-order valence-electron chi connectivity index (χ2n) is 7.91. The van der Waals surface area contributed by atoms with E-state index in [-0.39, 0.29) is 15.8 Å². The first kappa shape index (κ1) is 22.5. The molecule has 0 saturated carbocycles. The Hall–Kier alpha value is -2.68. The minimum Gasteiger partial charge on any atom is -0.352 e. The number of aromatic nitrogens is 1. The van der Waals surface area contributed by atoms with E-state index >= 15 is 0 Å². The molecule has 2 heterocycles. The van der Waals surface area contributed by atoms with Crippen LogP contribution >= 0.6 is 11.6 Å². The molecule has 4 rings (SSSR count). The van der Waals surface area contributed by atoms with Crippen LogP contribution < -0.4 is 10.7 Å². The maximum absolute atomic E-state index is 13.1. The zero-order chi connectivity index (χ0) is 22.9. The quantitative estimate of drug-likeness (QED) is 0.596. The summed E-state index contributed by atoms with van der Waals surface area (Å²) in [6.45, 7) is 1.31. The molecule has 1 fully saturated rings. The largest absolute Gasteiger partial charge is 0.352 e. The van der Waals surface area contributed by atoms with E-state index in [1.54, 1.807) is 29.8 Å². The van der Waals surface area contributed by atoms with Crippen LogP contribution in [0.3, 0.4) is 0 Å². The van der Waals surface area contributed by atoms with Crippen LogP contribution in [0.15, 0.2) is 58.4 Å². The predicted molar refractivity (Wildman–Crippen MR) is 125 cm³/mol.